The summed E-state index contributed by atoms with van der Waals surface area (Å²) in [5, 5.41) is 14.5. The average Bonchev–Trinajstić information content (AvgIpc) is 3.27. The minimum atomic E-state index is -0.114. The number of aryl methyl sites for hydroxylation is 1. The van der Waals surface area contributed by atoms with Gasteiger partial charge >= 0.3 is 0 Å². The zero-order valence-electron chi connectivity index (χ0n) is 16.5. The number of carbonyl (C=O) groups excluding carboxylic acids is 1. The molecule has 0 saturated carbocycles. The van der Waals surface area contributed by atoms with E-state index in [9.17, 15) is 4.79 Å². The molecule has 0 spiro atoms. The second kappa shape index (κ2) is 9.14. The van der Waals surface area contributed by atoms with E-state index in [4.69, 9.17) is 9.84 Å². The molecule has 0 fully saturated rings. The summed E-state index contributed by atoms with van der Waals surface area (Å²) < 4.78 is 7.08. The van der Waals surface area contributed by atoms with Gasteiger partial charge in [0.15, 0.2) is 5.69 Å². The van der Waals surface area contributed by atoms with Crippen LogP contribution in [0.4, 0.5) is 0 Å². The number of aromatic amines is 1. The minimum absolute atomic E-state index is 0.114. The number of ether oxygens (including phenoxy) is 1. The van der Waals surface area contributed by atoms with E-state index in [0.29, 0.717) is 24.8 Å². The number of aromatic nitrogens is 4. The fraction of sp³-hybridized carbons (Fsp3) is 0.632. The number of rotatable bonds is 9. The highest BCUT2D eigenvalue weighted by atomic mass is 16.5. The lowest BCUT2D eigenvalue weighted by Crippen LogP contribution is -2.33. The second-order valence-corrected chi connectivity index (χ2v) is 7.50. The topological polar surface area (TPSA) is 88.1 Å². The first-order chi connectivity index (χ1) is 13.1. The average molecular weight is 374 g/mol. The Morgan fingerprint density at radius 2 is 2.30 bits per heavy atom. The fourth-order valence-corrected chi connectivity index (χ4v) is 3.40. The van der Waals surface area contributed by atoms with Gasteiger partial charge in [0.2, 0.25) is 0 Å². The van der Waals surface area contributed by atoms with Crippen LogP contribution in [0.25, 0.3) is 0 Å². The van der Waals surface area contributed by atoms with Gasteiger partial charge in [-0.3, -0.25) is 19.5 Å². The predicted octanol–water partition coefficient (Wildman–Crippen LogP) is 1.59. The molecule has 0 radical (unpaired) electrons. The monoisotopic (exact) mass is 374 g/mol. The lowest BCUT2D eigenvalue weighted by Gasteiger charge is -2.27. The Kier molecular flexibility index (Phi) is 6.63. The molecule has 0 aliphatic carbocycles. The quantitative estimate of drug-likeness (QED) is 0.651. The Hall–Kier alpha value is -2.19. The number of carbonyl (C=O) groups is 1. The van der Waals surface area contributed by atoms with Crippen molar-refractivity contribution in [2.24, 2.45) is 5.92 Å². The summed E-state index contributed by atoms with van der Waals surface area (Å²) in [5.74, 6) is 0.488. The van der Waals surface area contributed by atoms with Crippen LogP contribution in [0.1, 0.15) is 47.6 Å². The highest BCUT2D eigenvalue weighted by molar-refractivity contribution is 5.94. The number of hydrogen-bond donors (Lipinski definition) is 2. The van der Waals surface area contributed by atoms with E-state index in [2.05, 4.69) is 38.9 Å². The standard InChI is InChI=1S/C19H30N6O2/c1-14(2)4-8-25-17-5-7-24(12-15-10-21-22-11-15)13-16(17)18(23-25)19(26)20-6-9-27-3/h10-11,14H,4-9,12-13H2,1-3H3,(H,20,26)(H,21,22). The van der Waals surface area contributed by atoms with Crippen LogP contribution in [0, 0.1) is 5.92 Å². The lowest BCUT2D eigenvalue weighted by atomic mass is 10.0. The van der Waals surface area contributed by atoms with Gasteiger partial charge in [0.05, 0.1) is 12.8 Å². The van der Waals surface area contributed by atoms with E-state index in [-0.39, 0.29) is 5.91 Å². The van der Waals surface area contributed by atoms with Crippen molar-refractivity contribution in [3.05, 3.63) is 34.9 Å². The maximum atomic E-state index is 12.7. The Morgan fingerprint density at radius 1 is 1.44 bits per heavy atom. The molecule has 2 aromatic heterocycles. The van der Waals surface area contributed by atoms with Crippen molar-refractivity contribution < 1.29 is 9.53 Å². The fourth-order valence-electron chi connectivity index (χ4n) is 3.40. The van der Waals surface area contributed by atoms with Crippen LogP contribution in [-0.4, -0.2) is 57.6 Å². The van der Waals surface area contributed by atoms with Gasteiger partial charge in [-0.05, 0) is 12.3 Å². The van der Waals surface area contributed by atoms with Gasteiger partial charge in [-0.2, -0.15) is 10.2 Å². The van der Waals surface area contributed by atoms with Crippen molar-refractivity contribution in [2.75, 3.05) is 26.8 Å². The summed E-state index contributed by atoms with van der Waals surface area (Å²) >= 11 is 0. The third-order valence-corrected chi connectivity index (χ3v) is 4.90. The largest absolute Gasteiger partial charge is 0.383 e. The SMILES string of the molecule is COCCNC(=O)c1nn(CCC(C)C)c2c1CN(Cc1cn[nH]c1)CC2. The van der Waals surface area contributed by atoms with Crippen LogP contribution in [0.3, 0.4) is 0 Å². The molecule has 0 atom stereocenters. The first-order valence-corrected chi connectivity index (χ1v) is 9.64. The van der Waals surface area contributed by atoms with Crippen LogP contribution < -0.4 is 5.32 Å². The van der Waals surface area contributed by atoms with Gasteiger partial charge in [-0.25, -0.2) is 0 Å². The Labute approximate surface area is 160 Å². The molecule has 3 rings (SSSR count). The minimum Gasteiger partial charge on any atom is -0.383 e. The summed E-state index contributed by atoms with van der Waals surface area (Å²) in [6.07, 6.45) is 5.72. The first-order valence-electron chi connectivity index (χ1n) is 9.64. The summed E-state index contributed by atoms with van der Waals surface area (Å²) in [6.45, 7) is 8.76. The van der Waals surface area contributed by atoms with Crippen molar-refractivity contribution in [3.8, 4) is 0 Å². The molecule has 2 N–H and O–H groups in total. The molecule has 3 heterocycles. The molecule has 0 unspecified atom stereocenters. The molecule has 1 amide bonds. The van der Waals surface area contributed by atoms with Crippen molar-refractivity contribution >= 4 is 5.91 Å². The molecule has 1 aliphatic rings. The van der Waals surface area contributed by atoms with E-state index in [1.807, 2.05) is 12.4 Å². The number of fused-ring (bicyclic) bond motifs is 1. The van der Waals surface area contributed by atoms with Crippen LogP contribution in [-0.2, 0) is 30.8 Å². The maximum absolute atomic E-state index is 12.7. The van der Waals surface area contributed by atoms with Crippen molar-refractivity contribution in [2.45, 2.75) is 46.3 Å². The molecule has 0 aromatic carbocycles. The van der Waals surface area contributed by atoms with Gasteiger partial charge in [-0.1, -0.05) is 13.8 Å². The Balaban J connectivity index is 1.78. The van der Waals surface area contributed by atoms with Crippen LogP contribution >= 0.6 is 0 Å². The summed E-state index contributed by atoms with van der Waals surface area (Å²) in [6, 6.07) is 0. The Bertz CT molecular complexity index is 738. The van der Waals surface area contributed by atoms with E-state index >= 15 is 0 Å². The molecule has 8 heteroatoms. The Morgan fingerprint density at radius 3 is 3.00 bits per heavy atom. The molecule has 8 nitrogen and oxygen atoms in total. The number of H-pyrrole nitrogens is 1. The zero-order chi connectivity index (χ0) is 19.2. The number of nitrogens with one attached hydrogen (secondary N) is 2. The van der Waals surface area contributed by atoms with Gasteiger partial charge < -0.3 is 10.1 Å². The molecule has 27 heavy (non-hydrogen) atoms. The van der Waals surface area contributed by atoms with Gasteiger partial charge in [0.25, 0.3) is 5.91 Å². The van der Waals surface area contributed by atoms with E-state index in [1.165, 1.54) is 5.69 Å². The van der Waals surface area contributed by atoms with Gasteiger partial charge in [0.1, 0.15) is 0 Å². The van der Waals surface area contributed by atoms with Gasteiger partial charge in [0, 0.05) is 69.3 Å². The van der Waals surface area contributed by atoms with Gasteiger partial charge in [-0.15, -0.1) is 0 Å². The summed E-state index contributed by atoms with van der Waals surface area (Å²) in [4.78, 5) is 15.0. The molecule has 2 aromatic rings. The van der Waals surface area contributed by atoms with E-state index < -0.39 is 0 Å². The molecule has 148 valence electrons. The third-order valence-electron chi connectivity index (χ3n) is 4.90. The van der Waals surface area contributed by atoms with E-state index in [1.54, 1.807) is 7.11 Å². The van der Waals surface area contributed by atoms with Crippen molar-refractivity contribution in [3.63, 3.8) is 0 Å². The zero-order valence-corrected chi connectivity index (χ0v) is 16.5. The van der Waals surface area contributed by atoms with Crippen LogP contribution in [0.5, 0.6) is 0 Å². The summed E-state index contributed by atoms with van der Waals surface area (Å²) in [7, 11) is 1.63. The van der Waals surface area contributed by atoms with Crippen molar-refractivity contribution in [1.29, 1.82) is 0 Å². The number of methoxy groups -OCH3 is 1. The first kappa shape index (κ1) is 19.6. The predicted molar refractivity (Wildman–Crippen MR) is 102 cm³/mol. The maximum Gasteiger partial charge on any atom is 0.272 e. The van der Waals surface area contributed by atoms with Crippen molar-refractivity contribution in [1.82, 2.24) is 30.2 Å². The second-order valence-electron chi connectivity index (χ2n) is 7.50. The van der Waals surface area contributed by atoms with Crippen LogP contribution in [0.15, 0.2) is 12.4 Å². The molecule has 1 aliphatic heterocycles. The molecule has 0 saturated heterocycles. The number of nitrogens with zero attached hydrogens (tertiary/aromatic N) is 4. The van der Waals surface area contributed by atoms with E-state index in [0.717, 1.165) is 50.1 Å². The molecular formula is C19H30N6O2. The number of amides is 1. The molecular weight excluding hydrogens is 344 g/mol. The molecule has 0 bridgehead atoms. The smallest absolute Gasteiger partial charge is 0.272 e. The highest BCUT2D eigenvalue weighted by Crippen LogP contribution is 2.24. The lowest BCUT2D eigenvalue weighted by molar-refractivity contribution is 0.0929. The third kappa shape index (κ3) is 4.95. The normalized spacial score (nSPS) is 14.5. The summed E-state index contributed by atoms with van der Waals surface area (Å²) in [5.41, 5.74) is 3.97. The van der Waals surface area contributed by atoms with Crippen LogP contribution in [0.2, 0.25) is 0 Å². The number of hydrogen-bond acceptors (Lipinski definition) is 5. The highest BCUT2D eigenvalue weighted by Gasteiger charge is 2.28.